The number of aliphatic imine (C=N–C) groups is 1. The summed E-state index contributed by atoms with van der Waals surface area (Å²) in [4.78, 5) is 8.69. The fraction of sp³-hybridized carbons (Fsp3) is 0.526. The quantitative estimate of drug-likeness (QED) is 0.392. The van der Waals surface area contributed by atoms with Crippen LogP contribution >= 0.6 is 0 Å². The van der Waals surface area contributed by atoms with Gasteiger partial charge in [0, 0.05) is 25.1 Å². The van der Waals surface area contributed by atoms with E-state index < -0.39 is 0 Å². The molecule has 0 atom stereocenters. The molecule has 0 radical (unpaired) electrons. The van der Waals surface area contributed by atoms with Gasteiger partial charge >= 0.3 is 0 Å². The molecule has 2 aromatic rings. The van der Waals surface area contributed by atoms with E-state index in [9.17, 15) is 0 Å². The molecule has 0 aliphatic heterocycles. The van der Waals surface area contributed by atoms with Gasteiger partial charge in [0.1, 0.15) is 0 Å². The van der Waals surface area contributed by atoms with E-state index in [1.807, 2.05) is 19.1 Å². The first-order valence-electron chi connectivity index (χ1n) is 9.18. The van der Waals surface area contributed by atoms with Crippen molar-refractivity contribution in [1.29, 1.82) is 0 Å². The van der Waals surface area contributed by atoms with Crippen molar-refractivity contribution in [2.75, 3.05) is 13.1 Å². The lowest BCUT2D eigenvalue weighted by molar-refractivity contribution is 0.423. The summed E-state index contributed by atoms with van der Waals surface area (Å²) in [5.74, 6) is 1.83. The third-order valence-electron chi connectivity index (χ3n) is 4.00. The number of unbranched alkanes of at least 4 members (excludes halogenated alkanes) is 3. The van der Waals surface area contributed by atoms with E-state index in [2.05, 4.69) is 39.5 Å². The summed E-state index contributed by atoms with van der Waals surface area (Å²) in [5, 5.41) is 7.09. The van der Waals surface area contributed by atoms with Crippen LogP contribution in [0.2, 0.25) is 0 Å². The number of rotatable bonds is 10. The van der Waals surface area contributed by atoms with Gasteiger partial charge < -0.3 is 15.6 Å². The van der Waals surface area contributed by atoms with Crippen LogP contribution in [-0.2, 0) is 12.8 Å². The van der Waals surface area contributed by atoms with E-state index >= 15 is 0 Å². The Morgan fingerprint density at radius 1 is 1.16 bits per heavy atom. The Labute approximate surface area is 149 Å². The third-order valence-corrected chi connectivity index (χ3v) is 4.00. The fourth-order valence-corrected chi connectivity index (χ4v) is 2.46. The number of hydrogen-bond acceptors (Lipinski definition) is 4. The molecule has 0 saturated heterocycles. The summed E-state index contributed by atoms with van der Waals surface area (Å²) in [5.41, 5.74) is 8.05. The second kappa shape index (κ2) is 10.5. The lowest BCUT2D eigenvalue weighted by Gasteiger charge is -2.06. The van der Waals surface area contributed by atoms with Crippen LogP contribution in [0.1, 0.15) is 50.9 Å². The number of aryl methyl sites for hydroxylation is 1. The summed E-state index contributed by atoms with van der Waals surface area (Å²) in [6.07, 6.45) is 6.49. The molecule has 0 amide bonds. The Balaban J connectivity index is 1.73. The predicted molar refractivity (Wildman–Crippen MR) is 101 cm³/mol. The summed E-state index contributed by atoms with van der Waals surface area (Å²) < 4.78 is 5.25. The van der Waals surface area contributed by atoms with Crippen molar-refractivity contribution >= 4 is 5.96 Å². The molecule has 6 nitrogen and oxygen atoms in total. The average Bonchev–Trinajstić information content (AvgIpc) is 3.11. The molecule has 136 valence electrons. The Kier molecular flexibility index (Phi) is 7.95. The molecule has 25 heavy (non-hydrogen) atoms. The first kappa shape index (κ1) is 19.0. The van der Waals surface area contributed by atoms with Crippen molar-refractivity contribution < 1.29 is 4.52 Å². The average molecular weight is 343 g/mol. The van der Waals surface area contributed by atoms with Crippen molar-refractivity contribution in [2.24, 2.45) is 10.7 Å². The van der Waals surface area contributed by atoms with Gasteiger partial charge in [0.05, 0.1) is 0 Å². The van der Waals surface area contributed by atoms with Crippen LogP contribution in [0, 0.1) is 0 Å². The number of guanidine groups is 1. The van der Waals surface area contributed by atoms with Gasteiger partial charge in [-0.15, -0.1) is 0 Å². The lowest BCUT2D eigenvalue weighted by Crippen LogP contribution is -2.33. The number of nitrogens with two attached hydrogens (primary N) is 1. The van der Waals surface area contributed by atoms with Gasteiger partial charge in [-0.05, 0) is 30.5 Å². The standard InChI is InChI=1S/C19H29N5O/c1-3-5-6-7-13-21-19(20)22-14-12-15-8-10-16(11-9-15)18-23-17(4-2)24-25-18/h8-11H,3-7,12-14H2,1-2H3,(H3,20,21,22). The highest BCUT2D eigenvalue weighted by atomic mass is 16.5. The third kappa shape index (κ3) is 6.57. The molecular weight excluding hydrogens is 314 g/mol. The SMILES string of the molecule is CCCCCCN=C(N)NCCc1ccc(-c2nc(CC)no2)cc1. The Hall–Kier alpha value is -2.37. The van der Waals surface area contributed by atoms with Crippen LogP contribution in [0.3, 0.4) is 0 Å². The minimum absolute atomic E-state index is 0.533. The maximum absolute atomic E-state index is 5.88. The second-order valence-corrected chi connectivity index (χ2v) is 6.07. The smallest absolute Gasteiger partial charge is 0.257 e. The number of nitrogens with one attached hydrogen (secondary N) is 1. The van der Waals surface area contributed by atoms with E-state index in [0.717, 1.165) is 43.7 Å². The molecule has 3 N–H and O–H groups in total. The van der Waals surface area contributed by atoms with E-state index in [0.29, 0.717) is 11.9 Å². The van der Waals surface area contributed by atoms with Gasteiger partial charge in [-0.2, -0.15) is 4.98 Å². The molecule has 0 aliphatic carbocycles. The second-order valence-electron chi connectivity index (χ2n) is 6.07. The number of aromatic nitrogens is 2. The first-order valence-corrected chi connectivity index (χ1v) is 9.18. The molecule has 0 bridgehead atoms. The minimum atomic E-state index is 0.533. The summed E-state index contributed by atoms with van der Waals surface area (Å²) in [6.45, 7) is 5.78. The number of hydrogen-bond donors (Lipinski definition) is 2. The molecule has 6 heteroatoms. The normalized spacial score (nSPS) is 11.7. The number of benzene rings is 1. The van der Waals surface area contributed by atoms with Crippen LogP contribution in [0.4, 0.5) is 0 Å². The molecule has 0 saturated carbocycles. The van der Waals surface area contributed by atoms with Crippen LogP contribution in [-0.4, -0.2) is 29.2 Å². The highest BCUT2D eigenvalue weighted by Crippen LogP contribution is 2.18. The first-order chi connectivity index (χ1) is 12.2. The molecule has 0 spiro atoms. The van der Waals surface area contributed by atoms with Gasteiger partial charge in [0.25, 0.3) is 5.89 Å². The summed E-state index contributed by atoms with van der Waals surface area (Å²) in [6, 6.07) is 8.16. The lowest BCUT2D eigenvalue weighted by atomic mass is 10.1. The molecule has 0 unspecified atom stereocenters. The van der Waals surface area contributed by atoms with E-state index in [1.165, 1.54) is 24.8 Å². The van der Waals surface area contributed by atoms with Gasteiger partial charge in [-0.3, -0.25) is 4.99 Å². The van der Waals surface area contributed by atoms with Gasteiger partial charge in [-0.25, -0.2) is 0 Å². The largest absolute Gasteiger partial charge is 0.370 e. The fourth-order valence-electron chi connectivity index (χ4n) is 2.46. The maximum atomic E-state index is 5.88. The Bertz CT molecular complexity index is 648. The van der Waals surface area contributed by atoms with Crippen molar-refractivity contribution in [3.63, 3.8) is 0 Å². The molecular formula is C19H29N5O. The van der Waals surface area contributed by atoms with Gasteiger partial charge in [-0.1, -0.05) is 50.4 Å². The molecule has 1 aromatic carbocycles. The minimum Gasteiger partial charge on any atom is -0.370 e. The van der Waals surface area contributed by atoms with Crippen molar-refractivity contribution in [2.45, 2.75) is 52.4 Å². The highest BCUT2D eigenvalue weighted by Gasteiger charge is 2.07. The van der Waals surface area contributed by atoms with Crippen molar-refractivity contribution in [3.8, 4) is 11.5 Å². The van der Waals surface area contributed by atoms with Crippen LogP contribution in [0.25, 0.3) is 11.5 Å². The van der Waals surface area contributed by atoms with E-state index in [4.69, 9.17) is 10.3 Å². The van der Waals surface area contributed by atoms with Crippen LogP contribution < -0.4 is 11.1 Å². The summed E-state index contributed by atoms with van der Waals surface area (Å²) >= 11 is 0. The van der Waals surface area contributed by atoms with Crippen LogP contribution in [0.5, 0.6) is 0 Å². The molecule has 1 aromatic heterocycles. The van der Waals surface area contributed by atoms with Crippen molar-refractivity contribution in [1.82, 2.24) is 15.5 Å². The zero-order valence-electron chi connectivity index (χ0n) is 15.3. The Morgan fingerprint density at radius 2 is 1.96 bits per heavy atom. The topological polar surface area (TPSA) is 89.3 Å². The maximum Gasteiger partial charge on any atom is 0.257 e. The molecule has 1 heterocycles. The predicted octanol–water partition coefficient (Wildman–Crippen LogP) is 3.33. The summed E-state index contributed by atoms with van der Waals surface area (Å²) in [7, 11) is 0. The van der Waals surface area contributed by atoms with Crippen molar-refractivity contribution in [3.05, 3.63) is 35.7 Å². The zero-order valence-corrected chi connectivity index (χ0v) is 15.3. The molecule has 2 rings (SSSR count). The van der Waals surface area contributed by atoms with E-state index in [1.54, 1.807) is 0 Å². The van der Waals surface area contributed by atoms with Crippen LogP contribution in [0.15, 0.2) is 33.8 Å². The zero-order chi connectivity index (χ0) is 17.9. The van der Waals surface area contributed by atoms with Gasteiger partial charge in [0.2, 0.25) is 0 Å². The van der Waals surface area contributed by atoms with E-state index in [-0.39, 0.29) is 0 Å². The van der Waals surface area contributed by atoms with Gasteiger partial charge in [0.15, 0.2) is 11.8 Å². The highest BCUT2D eigenvalue weighted by molar-refractivity contribution is 5.77. The monoisotopic (exact) mass is 343 g/mol. The molecule has 0 fully saturated rings. The Morgan fingerprint density at radius 3 is 2.64 bits per heavy atom. The molecule has 0 aliphatic rings. The number of nitrogens with zero attached hydrogens (tertiary/aromatic N) is 3.